The van der Waals surface area contributed by atoms with Gasteiger partial charge in [0, 0.05) is 23.6 Å². The average Bonchev–Trinajstić information content (AvgIpc) is 3.28. The maximum atomic E-state index is 14.6. The molecule has 0 bridgehead atoms. The molecule has 4 rings (SSSR count). The molecule has 0 saturated heterocycles. The largest absolute Gasteiger partial charge is 0.495 e. The van der Waals surface area contributed by atoms with Crippen LogP contribution in [0.5, 0.6) is 5.75 Å². The fourth-order valence-corrected chi connectivity index (χ4v) is 5.80. The predicted molar refractivity (Wildman–Crippen MR) is 141 cm³/mol. The Morgan fingerprint density at radius 3 is 2.71 bits per heavy atom. The molecule has 0 aliphatic heterocycles. The summed E-state index contributed by atoms with van der Waals surface area (Å²) in [6, 6.07) is 11.4. The molecule has 0 amide bonds. The Bertz CT molecular complexity index is 1320. The Balaban J connectivity index is 1.84. The second-order valence-corrected chi connectivity index (χ2v) is 10.0. The predicted octanol–water partition coefficient (Wildman–Crippen LogP) is 7.15. The van der Waals surface area contributed by atoms with E-state index < -0.39 is 31.1 Å². The third kappa shape index (κ3) is 5.96. The van der Waals surface area contributed by atoms with Crippen molar-refractivity contribution in [1.82, 2.24) is 9.55 Å². The lowest BCUT2D eigenvalue weighted by atomic mass is 9.84. The van der Waals surface area contributed by atoms with Crippen molar-refractivity contribution in [2.45, 2.75) is 49.1 Å². The number of methoxy groups -OCH3 is 1. The van der Waals surface area contributed by atoms with Crippen LogP contribution in [0.25, 0.3) is 5.69 Å². The van der Waals surface area contributed by atoms with Crippen LogP contribution in [0, 0.1) is 10.7 Å². The van der Waals surface area contributed by atoms with Gasteiger partial charge in [-0.15, -0.1) is 0 Å². The Hall–Kier alpha value is -3.11. The maximum absolute atomic E-state index is 14.6. The number of thioether (sulfide) groups is 1. The second kappa shape index (κ2) is 12.6. The highest BCUT2D eigenvalue weighted by Gasteiger charge is 2.31. The number of carbonyl (C=O) groups excluding carboxylic acids is 1. The molecule has 2 aromatic carbocycles. The molecule has 11 heteroatoms. The summed E-state index contributed by atoms with van der Waals surface area (Å²) in [5.74, 6) is 0.0274. The third-order valence-electron chi connectivity index (χ3n) is 6.42. The van der Waals surface area contributed by atoms with Gasteiger partial charge in [-0.05, 0) is 66.6 Å². The summed E-state index contributed by atoms with van der Waals surface area (Å²) in [4.78, 5) is 26.3. The Morgan fingerprint density at radius 2 is 2.03 bits per heavy atom. The van der Waals surface area contributed by atoms with Crippen molar-refractivity contribution in [3.05, 3.63) is 86.1 Å². The molecule has 1 heterocycles. The summed E-state index contributed by atoms with van der Waals surface area (Å²) in [7, 11) is 1.54. The Morgan fingerprint density at radius 1 is 1.26 bits per heavy atom. The van der Waals surface area contributed by atoms with Crippen LogP contribution < -0.4 is 4.74 Å². The van der Waals surface area contributed by atoms with Crippen molar-refractivity contribution in [2.75, 3.05) is 13.7 Å². The summed E-state index contributed by atoms with van der Waals surface area (Å²) in [5, 5.41) is 4.68. The number of hydrogen-bond donors (Lipinski definition) is 0. The molecule has 1 aliphatic carbocycles. The molecule has 0 radical (unpaired) electrons. The molecule has 3 aromatic rings. The van der Waals surface area contributed by atoms with Crippen molar-refractivity contribution in [2.24, 2.45) is 5.18 Å². The zero-order valence-corrected chi connectivity index (χ0v) is 22.0. The van der Waals surface area contributed by atoms with E-state index in [0.717, 1.165) is 41.6 Å². The molecule has 3 unspecified atom stereocenters. The first-order valence-corrected chi connectivity index (χ1v) is 13.2. The third-order valence-corrected chi connectivity index (χ3v) is 7.61. The van der Waals surface area contributed by atoms with E-state index in [1.165, 1.54) is 17.5 Å². The van der Waals surface area contributed by atoms with Crippen LogP contribution in [0.3, 0.4) is 0 Å². The lowest BCUT2D eigenvalue weighted by molar-refractivity contribution is -0.108. The van der Waals surface area contributed by atoms with E-state index >= 15 is 0 Å². The van der Waals surface area contributed by atoms with Crippen LogP contribution in [-0.2, 0) is 11.2 Å². The normalized spacial score (nSPS) is 17.0. The summed E-state index contributed by atoms with van der Waals surface area (Å²) in [5.41, 5.74) is 2.92. The van der Waals surface area contributed by atoms with Gasteiger partial charge in [0.05, 0.1) is 23.5 Å². The molecule has 38 heavy (non-hydrogen) atoms. The lowest BCUT2D eigenvalue weighted by Crippen LogP contribution is -2.18. The van der Waals surface area contributed by atoms with Crippen LogP contribution in [-0.4, -0.2) is 41.8 Å². The number of halogens is 4. The molecule has 200 valence electrons. The molecule has 0 N–H and O–H groups in total. The van der Waals surface area contributed by atoms with Crippen molar-refractivity contribution >= 4 is 29.6 Å². The quantitative estimate of drug-likeness (QED) is 0.141. The van der Waals surface area contributed by atoms with Gasteiger partial charge in [-0.2, -0.15) is 4.91 Å². The topological polar surface area (TPSA) is 73.6 Å². The number of aldehydes is 1. The number of nitrogens with zero attached hydrogens (tertiary/aromatic N) is 3. The molecule has 1 aromatic heterocycles. The highest BCUT2D eigenvalue weighted by atomic mass is 35.5. The van der Waals surface area contributed by atoms with Gasteiger partial charge in [-0.25, -0.2) is 18.2 Å². The molecular weight excluding hydrogens is 539 g/mol. The maximum Gasteiger partial charge on any atom is 0.177 e. The standard InChI is InChI=1S/C27H25ClF3N3O3S/c1-37-25-13-16(5-10-21(25)28)19-3-2-4-24-26(19)34(18-8-6-17(29)7-9-18)27(33-24)38-15-20(22(30)11-12-35)23(31)14-32-36/h5-10,12-13,15,19,22-23H,2-4,11,14H2,1H3/b20-15-. The summed E-state index contributed by atoms with van der Waals surface area (Å²) in [6.07, 6.45) is -1.73. The number of alkyl halides is 2. The van der Waals surface area contributed by atoms with Gasteiger partial charge < -0.3 is 9.53 Å². The molecule has 0 saturated carbocycles. The monoisotopic (exact) mass is 563 g/mol. The Kier molecular flexibility index (Phi) is 9.27. The van der Waals surface area contributed by atoms with Crippen molar-refractivity contribution in [1.29, 1.82) is 0 Å². The minimum absolute atomic E-state index is 0.0996. The van der Waals surface area contributed by atoms with E-state index in [9.17, 15) is 22.9 Å². The van der Waals surface area contributed by atoms with Gasteiger partial charge in [0.15, 0.2) is 5.16 Å². The minimum Gasteiger partial charge on any atom is -0.495 e. The molecule has 0 spiro atoms. The molecule has 0 fully saturated rings. The number of imidazole rings is 1. The molecular formula is C27H25ClF3N3O3S. The van der Waals surface area contributed by atoms with Crippen LogP contribution in [0.15, 0.2) is 63.8 Å². The fraction of sp³-hybridized carbons (Fsp3) is 0.333. The van der Waals surface area contributed by atoms with Crippen molar-refractivity contribution in [3.8, 4) is 11.4 Å². The van der Waals surface area contributed by atoms with E-state index in [1.54, 1.807) is 25.3 Å². The zero-order valence-electron chi connectivity index (χ0n) is 20.5. The number of fused-ring (bicyclic) bond motifs is 1. The van der Waals surface area contributed by atoms with Gasteiger partial charge in [0.25, 0.3) is 0 Å². The first-order chi connectivity index (χ1) is 18.4. The van der Waals surface area contributed by atoms with Gasteiger partial charge >= 0.3 is 0 Å². The number of aryl methyl sites for hydroxylation is 1. The number of hydrogen-bond acceptors (Lipinski definition) is 6. The zero-order chi connectivity index (χ0) is 27.2. The highest BCUT2D eigenvalue weighted by Crippen LogP contribution is 2.42. The summed E-state index contributed by atoms with van der Waals surface area (Å²) in [6.45, 7) is -0.769. The number of nitroso groups, excluding NO2 is 1. The van der Waals surface area contributed by atoms with E-state index in [1.807, 2.05) is 16.7 Å². The van der Waals surface area contributed by atoms with Crippen LogP contribution >= 0.6 is 23.4 Å². The van der Waals surface area contributed by atoms with E-state index in [2.05, 4.69) is 5.18 Å². The Labute approximate surface area is 227 Å². The SMILES string of the molecule is COc1cc(C2CCCc3nc(S/C=C(/C(F)CC=O)C(F)CN=O)n(-c4ccc(F)cc4)c32)ccc1Cl. The molecule has 1 aliphatic rings. The smallest absolute Gasteiger partial charge is 0.177 e. The van der Waals surface area contributed by atoms with E-state index in [4.69, 9.17) is 21.3 Å². The van der Waals surface area contributed by atoms with E-state index in [-0.39, 0.29) is 11.5 Å². The molecule has 3 atom stereocenters. The van der Waals surface area contributed by atoms with Crippen molar-refractivity contribution < 1.29 is 22.7 Å². The van der Waals surface area contributed by atoms with Gasteiger partial charge in [-0.1, -0.05) is 34.6 Å². The first kappa shape index (κ1) is 27.9. The minimum atomic E-state index is -1.98. The number of ether oxygens (including phenoxy) is 1. The van der Waals surface area contributed by atoms with Crippen LogP contribution in [0.2, 0.25) is 5.02 Å². The number of rotatable bonds is 11. The second-order valence-electron chi connectivity index (χ2n) is 8.76. The summed E-state index contributed by atoms with van der Waals surface area (Å²) >= 11 is 7.23. The number of benzene rings is 2. The van der Waals surface area contributed by atoms with Gasteiger partial charge in [0.1, 0.15) is 36.7 Å². The van der Waals surface area contributed by atoms with E-state index in [0.29, 0.717) is 34.3 Å². The number of carbonyl (C=O) groups is 1. The van der Waals surface area contributed by atoms with Crippen LogP contribution in [0.4, 0.5) is 13.2 Å². The number of aromatic nitrogens is 2. The fourth-order valence-electron chi connectivity index (χ4n) is 4.60. The first-order valence-electron chi connectivity index (χ1n) is 12.0. The highest BCUT2D eigenvalue weighted by molar-refractivity contribution is 8.02. The van der Waals surface area contributed by atoms with Gasteiger partial charge in [0.2, 0.25) is 0 Å². The van der Waals surface area contributed by atoms with Crippen molar-refractivity contribution in [3.63, 3.8) is 0 Å². The lowest BCUT2D eigenvalue weighted by Gasteiger charge is -2.25. The summed E-state index contributed by atoms with van der Waals surface area (Å²) < 4.78 is 50.3. The van der Waals surface area contributed by atoms with Crippen LogP contribution in [0.1, 0.15) is 42.1 Å². The van der Waals surface area contributed by atoms with Gasteiger partial charge in [-0.3, -0.25) is 4.57 Å². The average molecular weight is 564 g/mol. The molecule has 6 nitrogen and oxygen atoms in total.